The van der Waals surface area contributed by atoms with Crippen LogP contribution in [0.2, 0.25) is 0 Å². The maximum absolute atomic E-state index is 12.7. The van der Waals surface area contributed by atoms with Gasteiger partial charge >= 0.3 is 0 Å². The Morgan fingerprint density at radius 1 is 1.14 bits per heavy atom. The number of rotatable bonds is 7. The Hall–Kier alpha value is -2.45. The Morgan fingerprint density at radius 3 is 2.45 bits per heavy atom. The molecule has 0 saturated heterocycles. The van der Waals surface area contributed by atoms with E-state index in [2.05, 4.69) is 31.9 Å². The minimum absolute atomic E-state index is 0.00413. The van der Waals surface area contributed by atoms with E-state index < -0.39 is 0 Å². The summed E-state index contributed by atoms with van der Waals surface area (Å²) in [4.78, 5) is 24.0. The van der Waals surface area contributed by atoms with Gasteiger partial charge in [0.25, 0.3) is 5.91 Å². The van der Waals surface area contributed by atoms with Gasteiger partial charge in [-0.25, -0.2) is 0 Å². The van der Waals surface area contributed by atoms with Gasteiger partial charge in [-0.05, 0) is 68.4 Å². The molecule has 0 heterocycles. The molecule has 0 saturated carbocycles. The summed E-state index contributed by atoms with van der Waals surface area (Å²) >= 11 is 8.64. The molecule has 8 heteroatoms. The molecule has 154 valence electrons. The number of benzene rings is 2. The van der Waals surface area contributed by atoms with Gasteiger partial charge in [0.15, 0.2) is 5.11 Å². The van der Waals surface area contributed by atoms with E-state index in [0.29, 0.717) is 24.2 Å². The second kappa shape index (κ2) is 10.9. The van der Waals surface area contributed by atoms with Gasteiger partial charge in [0.2, 0.25) is 5.91 Å². The molecule has 6 nitrogen and oxygen atoms in total. The highest BCUT2D eigenvalue weighted by molar-refractivity contribution is 9.10. The van der Waals surface area contributed by atoms with Crippen molar-refractivity contribution in [3.8, 4) is 5.75 Å². The number of hydrogen-bond donors (Lipinski definition) is 3. The predicted octanol–water partition coefficient (Wildman–Crippen LogP) is 4.04. The third kappa shape index (κ3) is 7.47. The lowest BCUT2D eigenvalue weighted by Gasteiger charge is -2.15. The zero-order valence-electron chi connectivity index (χ0n) is 16.5. The molecule has 0 spiro atoms. The molecule has 2 amide bonds. The third-order valence-electron chi connectivity index (χ3n) is 3.91. The maximum Gasteiger partial charge on any atom is 0.261 e. The van der Waals surface area contributed by atoms with Crippen LogP contribution in [0.25, 0.3) is 0 Å². The Labute approximate surface area is 184 Å². The smallest absolute Gasteiger partial charge is 0.261 e. The van der Waals surface area contributed by atoms with Crippen molar-refractivity contribution in [2.75, 3.05) is 12.4 Å². The number of hydrogen-bond acceptors (Lipinski definition) is 4. The highest BCUT2D eigenvalue weighted by Crippen LogP contribution is 2.24. The highest BCUT2D eigenvalue weighted by Gasteiger charge is 2.16. The van der Waals surface area contributed by atoms with Crippen LogP contribution in [0, 0.1) is 0 Å². The van der Waals surface area contributed by atoms with Gasteiger partial charge in [0.05, 0.1) is 11.7 Å². The van der Waals surface area contributed by atoms with Crippen molar-refractivity contribution in [3.63, 3.8) is 0 Å². The quantitative estimate of drug-likeness (QED) is 0.524. The first kappa shape index (κ1) is 22.8. The Bertz CT molecular complexity index is 885. The number of carbonyl (C=O) groups excluding carboxylic acids is 2. The topological polar surface area (TPSA) is 79.5 Å². The van der Waals surface area contributed by atoms with Crippen molar-refractivity contribution in [1.29, 1.82) is 0 Å². The van der Waals surface area contributed by atoms with Crippen LogP contribution in [-0.4, -0.2) is 30.1 Å². The summed E-state index contributed by atoms with van der Waals surface area (Å²) in [5, 5.41) is 8.45. The van der Waals surface area contributed by atoms with Gasteiger partial charge in [-0.15, -0.1) is 0 Å². The first-order valence-corrected chi connectivity index (χ1v) is 10.4. The molecule has 0 aliphatic heterocycles. The van der Waals surface area contributed by atoms with Gasteiger partial charge in [-0.2, -0.15) is 0 Å². The van der Waals surface area contributed by atoms with Gasteiger partial charge in [0.1, 0.15) is 5.75 Å². The summed E-state index contributed by atoms with van der Waals surface area (Å²) in [5.41, 5.74) is 2.17. The minimum Gasteiger partial charge on any atom is -0.490 e. The van der Waals surface area contributed by atoms with Crippen LogP contribution in [0.4, 0.5) is 5.69 Å². The van der Waals surface area contributed by atoms with Crippen LogP contribution in [0.15, 0.2) is 46.9 Å². The van der Waals surface area contributed by atoms with Crippen LogP contribution >= 0.6 is 28.1 Å². The van der Waals surface area contributed by atoms with Crippen LogP contribution < -0.4 is 20.7 Å². The number of aryl methyl sites for hydroxylation is 1. The summed E-state index contributed by atoms with van der Waals surface area (Å²) in [6, 6.07) is 12.8. The molecule has 0 radical (unpaired) electrons. The van der Waals surface area contributed by atoms with Crippen molar-refractivity contribution >= 4 is 50.8 Å². The largest absolute Gasteiger partial charge is 0.490 e. The lowest BCUT2D eigenvalue weighted by Crippen LogP contribution is -2.34. The lowest BCUT2D eigenvalue weighted by molar-refractivity contribution is -0.120. The number of nitrogens with one attached hydrogen (secondary N) is 3. The molecule has 2 aromatic carbocycles. The standard InChI is InChI=1S/C21H24BrN3O3S/c1-13(2)28-18-10-7-15(22)12-17(18)20(27)25-21(29)24-16-8-4-14(5-9-16)6-11-19(26)23-3/h4-5,7-10,12-13H,6,11H2,1-3H3,(H,23,26)(H2,24,25,27,29). The molecule has 0 bridgehead atoms. The van der Waals surface area contributed by atoms with E-state index in [1.165, 1.54) is 0 Å². The van der Waals surface area contributed by atoms with E-state index in [0.717, 1.165) is 15.7 Å². The van der Waals surface area contributed by atoms with Crippen molar-refractivity contribution in [1.82, 2.24) is 10.6 Å². The first-order chi connectivity index (χ1) is 13.8. The Balaban J connectivity index is 1.98. The van der Waals surface area contributed by atoms with Gasteiger partial charge in [-0.3, -0.25) is 14.9 Å². The van der Waals surface area contributed by atoms with Gasteiger partial charge in [-0.1, -0.05) is 28.1 Å². The summed E-state index contributed by atoms with van der Waals surface area (Å²) < 4.78 is 6.48. The molecule has 3 N–H and O–H groups in total. The molecule has 0 aromatic heterocycles. The number of thiocarbonyl (C=S) groups is 1. The van der Waals surface area contributed by atoms with E-state index in [4.69, 9.17) is 17.0 Å². The summed E-state index contributed by atoms with van der Waals surface area (Å²) in [6.07, 6.45) is 1.03. The van der Waals surface area contributed by atoms with Gasteiger partial charge < -0.3 is 15.4 Å². The summed E-state index contributed by atoms with van der Waals surface area (Å²) in [6.45, 7) is 3.79. The van der Waals surface area contributed by atoms with E-state index in [1.54, 1.807) is 19.2 Å². The molecule has 0 aliphatic rings. The fourth-order valence-electron chi connectivity index (χ4n) is 2.51. The molecular weight excluding hydrogens is 454 g/mol. The molecule has 29 heavy (non-hydrogen) atoms. The highest BCUT2D eigenvalue weighted by atomic mass is 79.9. The Morgan fingerprint density at radius 2 is 1.83 bits per heavy atom. The van der Waals surface area contributed by atoms with Crippen LogP contribution in [0.3, 0.4) is 0 Å². The number of amides is 2. The molecule has 2 rings (SSSR count). The summed E-state index contributed by atoms with van der Waals surface area (Å²) in [7, 11) is 1.62. The molecule has 0 unspecified atom stereocenters. The number of anilines is 1. The molecule has 2 aromatic rings. The normalized spacial score (nSPS) is 10.4. The molecule has 0 atom stereocenters. The first-order valence-electron chi connectivity index (χ1n) is 9.16. The molecule has 0 aliphatic carbocycles. The fraction of sp³-hybridized carbons (Fsp3) is 0.286. The van der Waals surface area contributed by atoms with E-state index in [1.807, 2.05) is 44.2 Å². The zero-order valence-corrected chi connectivity index (χ0v) is 18.9. The average Bonchev–Trinajstić information content (AvgIpc) is 2.68. The second-order valence-electron chi connectivity index (χ2n) is 6.59. The van der Waals surface area contributed by atoms with E-state index in [-0.39, 0.29) is 23.0 Å². The van der Waals surface area contributed by atoms with Crippen LogP contribution in [0.5, 0.6) is 5.75 Å². The number of ether oxygens (including phenoxy) is 1. The lowest BCUT2D eigenvalue weighted by atomic mass is 10.1. The zero-order chi connectivity index (χ0) is 21.4. The second-order valence-corrected chi connectivity index (χ2v) is 7.91. The third-order valence-corrected chi connectivity index (χ3v) is 4.60. The predicted molar refractivity (Wildman–Crippen MR) is 122 cm³/mol. The number of carbonyl (C=O) groups is 2. The van der Waals surface area contributed by atoms with E-state index in [9.17, 15) is 9.59 Å². The van der Waals surface area contributed by atoms with Crippen molar-refractivity contribution in [2.24, 2.45) is 0 Å². The minimum atomic E-state index is -0.360. The van der Waals surface area contributed by atoms with Crippen molar-refractivity contribution in [2.45, 2.75) is 32.8 Å². The monoisotopic (exact) mass is 477 g/mol. The fourth-order valence-corrected chi connectivity index (χ4v) is 3.08. The van der Waals surface area contributed by atoms with E-state index >= 15 is 0 Å². The van der Waals surface area contributed by atoms with Crippen molar-refractivity contribution in [3.05, 3.63) is 58.1 Å². The number of halogens is 1. The molecular formula is C21H24BrN3O3S. The van der Waals surface area contributed by atoms with Crippen LogP contribution in [-0.2, 0) is 11.2 Å². The SMILES string of the molecule is CNC(=O)CCc1ccc(NC(=S)NC(=O)c2cc(Br)ccc2OC(C)C)cc1. The average molecular weight is 478 g/mol. The Kier molecular flexibility index (Phi) is 8.60. The maximum atomic E-state index is 12.7. The summed E-state index contributed by atoms with van der Waals surface area (Å²) in [5.74, 6) is 0.134. The van der Waals surface area contributed by atoms with Crippen molar-refractivity contribution < 1.29 is 14.3 Å². The van der Waals surface area contributed by atoms with Crippen LogP contribution in [0.1, 0.15) is 36.2 Å². The molecule has 0 fully saturated rings. The van der Waals surface area contributed by atoms with Gasteiger partial charge in [0, 0.05) is 23.6 Å².